The minimum Gasteiger partial charge on any atom is -0.453 e. The summed E-state index contributed by atoms with van der Waals surface area (Å²) in [6, 6.07) is 0. The zero-order valence-corrected chi connectivity index (χ0v) is 15.3. The number of aliphatic hydroxyl groups is 2. The van der Waals surface area contributed by atoms with Crippen molar-refractivity contribution >= 4 is 5.97 Å². The summed E-state index contributed by atoms with van der Waals surface area (Å²) in [5, 5.41) is 22.6. The smallest absolute Gasteiger partial charge is 0.334 e. The summed E-state index contributed by atoms with van der Waals surface area (Å²) in [5.74, 6) is -0.423. The van der Waals surface area contributed by atoms with Gasteiger partial charge in [-0.25, -0.2) is 4.79 Å². The molecule has 0 aromatic carbocycles. The van der Waals surface area contributed by atoms with Gasteiger partial charge in [-0.3, -0.25) is 0 Å². The summed E-state index contributed by atoms with van der Waals surface area (Å²) < 4.78 is 5.85. The normalized spacial score (nSPS) is 43.0. The first-order valence-electron chi connectivity index (χ1n) is 9.17. The minimum atomic E-state index is -1.24. The first-order chi connectivity index (χ1) is 11.1. The van der Waals surface area contributed by atoms with Gasteiger partial charge in [0.25, 0.3) is 0 Å². The lowest BCUT2D eigenvalue weighted by molar-refractivity contribution is -0.202. The third-order valence-electron chi connectivity index (χ3n) is 6.51. The van der Waals surface area contributed by atoms with Gasteiger partial charge in [0.1, 0.15) is 11.2 Å². The molecule has 4 heteroatoms. The highest BCUT2D eigenvalue weighted by Crippen LogP contribution is 2.53. The summed E-state index contributed by atoms with van der Waals surface area (Å²) in [7, 11) is 0. The second-order valence-corrected chi connectivity index (χ2v) is 8.54. The number of allylic oxidation sites excluding steroid dienone is 2. The first kappa shape index (κ1) is 17.7. The molecule has 1 saturated carbocycles. The van der Waals surface area contributed by atoms with Crippen LogP contribution in [0, 0.1) is 11.8 Å². The van der Waals surface area contributed by atoms with Gasteiger partial charge in [0.2, 0.25) is 0 Å². The van der Waals surface area contributed by atoms with E-state index < -0.39 is 22.7 Å². The number of esters is 1. The van der Waals surface area contributed by atoms with Crippen LogP contribution in [0.5, 0.6) is 0 Å². The van der Waals surface area contributed by atoms with Crippen molar-refractivity contribution in [1.29, 1.82) is 0 Å². The Balaban J connectivity index is 2.17. The molecule has 0 spiro atoms. The van der Waals surface area contributed by atoms with E-state index in [9.17, 15) is 15.0 Å². The minimum absolute atomic E-state index is 0.307. The van der Waals surface area contributed by atoms with Gasteiger partial charge in [-0.1, -0.05) is 31.6 Å². The molecule has 0 unspecified atom stereocenters. The van der Waals surface area contributed by atoms with E-state index in [1.54, 1.807) is 6.92 Å². The lowest BCUT2D eigenvalue weighted by Gasteiger charge is -2.46. The zero-order chi connectivity index (χ0) is 17.8. The number of hydrogen-bond acceptors (Lipinski definition) is 4. The molecule has 3 rings (SSSR count). The van der Waals surface area contributed by atoms with Crippen LogP contribution in [0.1, 0.15) is 66.2 Å². The topological polar surface area (TPSA) is 66.8 Å². The van der Waals surface area contributed by atoms with Gasteiger partial charge in [-0.05, 0) is 58.3 Å². The number of rotatable bonds is 1. The van der Waals surface area contributed by atoms with Gasteiger partial charge < -0.3 is 14.9 Å². The summed E-state index contributed by atoms with van der Waals surface area (Å²) in [6.07, 6.45) is 7.71. The standard InChI is InChI=1S/C20H30O4/c1-13(2)15-8-7-14-6-5-9-19(4,24-17(14)21)20(23)11-10-18(3,22)16(20)12-15/h6,12-13,16,22-23H,5,7-11H2,1-4H3/t16-,18-,19+,20+/m0/s1. The Morgan fingerprint density at radius 1 is 1.17 bits per heavy atom. The molecule has 2 N–H and O–H groups in total. The highest BCUT2D eigenvalue weighted by molar-refractivity contribution is 5.89. The van der Waals surface area contributed by atoms with Crippen molar-refractivity contribution < 1.29 is 19.7 Å². The van der Waals surface area contributed by atoms with E-state index in [0.29, 0.717) is 38.0 Å². The maximum atomic E-state index is 12.6. The second kappa shape index (κ2) is 5.70. The van der Waals surface area contributed by atoms with Crippen molar-refractivity contribution in [2.24, 2.45) is 11.8 Å². The van der Waals surface area contributed by atoms with Gasteiger partial charge in [0, 0.05) is 11.5 Å². The van der Waals surface area contributed by atoms with Crippen molar-refractivity contribution in [2.75, 3.05) is 0 Å². The maximum absolute atomic E-state index is 12.6. The molecular weight excluding hydrogens is 304 g/mol. The molecule has 0 radical (unpaired) electrons. The van der Waals surface area contributed by atoms with E-state index in [2.05, 4.69) is 19.9 Å². The molecule has 2 aliphatic heterocycles. The van der Waals surface area contributed by atoms with Crippen LogP contribution in [-0.2, 0) is 9.53 Å². The highest BCUT2D eigenvalue weighted by Gasteiger charge is 2.63. The Morgan fingerprint density at radius 2 is 1.88 bits per heavy atom. The molecule has 1 aliphatic carbocycles. The van der Waals surface area contributed by atoms with Crippen molar-refractivity contribution in [3.05, 3.63) is 23.3 Å². The molecule has 134 valence electrons. The fourth-order valence-electron chi connectivity index (χ4n) is 4.67. The predicted octanol–water partition coefficient (Wildman–Crippen LogP) is 3.28. The average molecular weight is 334 g/mol. The summed E-state index contributed by atoms with van der Waals surface area (Å²) in [6.45, 7) is 7.88. The van der Waals surface area contributed by atoms with Crippen LogP contribution in [0.2, 0.25) is 0 Å². The SMILES string of the molecule is CC(C)C1=C[C@H]2[C@@](C)(O)CC[C@]2(O)[C@@]2(C)CCC=C(CC1)C(=O)O2. The first-order valence-corrected chi connectivity index (χ1v) is 9.17. The molecule has 0 saturated heterocycles. The van der Waals surface area contributed by atoms with Crippen LogP contribution >= 0.6 is 0 Å². The Labute approximate surface area is 144 Å². The van der Waals surface area contributed by atoms with Crippen molar-refractivity contribution in [3.8, 4) is 0 Å². The van der Waals surface area contributed by atoms with E-state index in [1.807, 2.05) is 13.0 Å². The average Bonchev–Trinajstić information content (AvgIpc) is 2.62. The molecule has 24 heavy (non-hydrogen) atoms. The van der Waals surface area contributed by atoms with Crippen molar-refractivity contribution in [3.63, 3.8) is 0 Å². The lowest BCUT2D eigenvalue weighted by atomic mass is 9.70. The number of carbonyl (C=O) groups excluding carboxylic acids is 1. The Kier molecular flexibility index (Phi) is 4.20. The van der Waals surface area contributed by atoms with E-state index in [0.717, 1.165) is 12.0 Å². The summed E-state index contributed by atoms with van der Waals surface area (Å²) >= 11 is 0. The zero-order valence-electron chi connectivity index (χ0n) is 15.3. The third kappa shape index (κ3) is 2.64. The lowest BCUT2D eigenvalue weighted by Crippen LogP contribution is -2.59. The highest BCUT2D eigenvalue weighted by atomic mass is 16.6. The molecule has 4 atom stereocenters. The number of carbonyl (C=O) groups is 1. The van der Waals surface area contributed by atoms with Gasteiger partial charge in [-0.15, -0.1) is 0 Å². The van der Waals surface area contributed by atoms with Crippen LogP contribution in [0.4, 0.5) is 0 Å². The molecule has 2 bridgehead atoms. The Hall–Kier alpha value is -1.13. The molecule has 0 aromatic rings. The van der Waals surface area contributed by atoms with Crippen LogP contribution in [-0.4, -0.2) is 33.0 Å². The van der Waals surface area contributed by atoms with E-state index in [1.165, 1.54) is 5.57 Å². The molecule has 0 aromatic heterocycles. The Morgan fingerprint density at radius 3 is 2.54 bits per heavy atom. The van der Waals surface area contributed by atoms with Gasteiger partial charge >= 0.3 is 5.97 Å². The quantitative estimate of drug-likeness (QED) is 0.570. The van der Waals surface area contributed by atoms with Gasteiger partial charge in [0.05, 0.1) is 5.60 Å². The predicted molar refractivity (Wildman–Crippen MR) is 92.3 cm³/mol. The fraction of sp³-hybridized carbons (Fsp3) is 0.750. The largest absolute Gasteiger partial charge is 0.453 e. The van der Waals surface area contributed by atoms with E-state index in [4.69, 9.17) is 4.74 Å². The number of hydrogen-bond donors (Lipinski definition) is 2. The van der Waals surface area contributed by atoms with E-state index >= 15 is 0 Å². The molecule has 4 nitrogen and oxygen atoms in total. The van der Waals surface area contributed by atoms with Crippen molar-refractivity contribution in [2.45, 2.75) is 83.0 Å². The molecular formula is C20H30O4. The Bertz CT molecular complexity index is 601. The van der Waals surface area contributed by atoms with Crippen LogP contribution in [0.3, 0.4) is 0 Å². The third-order valence-corrected chi connectivity index (χ3v) is 6.51. The molecule has 1 fully saturated rings. The van der Waals surface area contributed by atoms with Crippen LogP contribution < -0.4 is 0 Å². The fourth-order valence-corrected chi connectivity index (χ4v) is 4.67. The van der Waals surface area contributed by atoms with Gasteiger partial charge in [-0.2, -0.15) is 0 Å². The molecule has 2 heterocycles. The van der Waals surface area contributed by atoms with Crippen LogP contribution in [0.15, 0.2) is 23.3 Å². The summed E-state index contributed by atoms with van der Waals surface area (Å²) in [4.78, 5) is 12.6. The molecule has 0 amide bonds. The van der Waals surface area contributed by atoms with Crippen LogP contribution in [0.25, 0.3) is 0 Å². The van der Waals surface area contributed by atoms with E-state index in [-0.39, 0.29) is 5.97 Å². The summed E-state index contributed by atoms with van der Waals surface area (Å²) in [5.41, 5.74) is -1.30. The monoisotopic (exact) mass is 334 g/mol. The maximum Gasteiger partial charge on any atom is 0.334 e. The second-order valence-electron chi connectivity index (χ2n) is 8.54. The molecule has 3 aliphatic rings. The number of fused-ring (bicyclic) bond motifs is 5. The number of ether oxygens (including phenoxy) is 1. The van der Waals surface area contributed by atoms with Crippen molar-refractivity contribution in [1.82, 2.24) is 0 Å². The van der Waals surface area contributed by atoms with Gasteiger partial charge in [0.15, 0.2) is 0 Å².